The van der Waals surface area contributed by atoms with Crippen molar-refractivity contribution in [3.05, 3.63) is 34.1 Å². The number of amides is 2. The summed E-state index contributed by atoms with van der Waals surface area (Å²) >= 11 is 6.17. The van der Waals surface area contributed by atoms with E-state index in [0.29, 0.717) is 35.7 Å². The second kappa shape index (κ2) is 6.69. The van der Waals surface area contributed by atoms with Gasteiger partial charge < -0.3 is 4.74 Å². The van der Waals surface area contributed by atoms with E-state index < -0.39 is 17.6 Å². The Balaban J connectivity index is 1.67. The summed E-state index contributed by atoms with van der Waals surface area (Å²) in [5.41, 5.74) is 0.990. The van der Waals surface area contributed by atoms with Gasteiger partial charge >= 0.3 is 0 Å². The highest BCUT2D eigenvalue weighted by Crippen LogP contribution is 2.40. The molecular weight excluding hydrogens is 357 g/mol. The number of anilines is 1. The first kappa shape index (κ1) is 17.5. The van der Waals surface area contributed by atoms with Crippen LogP contribution in [0, 0.1) is 11.7 Å². The lowest BCUT2D eigenvalue weighted by Gasteiger charge is -2.22. The molecule has 1 fully saturated rings. The lowest BCUT2D eigenvalue weighted by molar-refractivity contribution is -0.120. The Morgan fingerprint density at radius 3 is 2.31 bits per heavy atom. The molecule has 0 spiro atoms. The molecule has 0 aromatic heterocycles. The molecule has 2 aliphatic carbocycles. The van der Waals surface area contributed by atoms with Crippen LogP contribution in [0.5, 0.6) is 5.75 Å². The molecule has 1 aromatic rings. The zero-order valence-corrected chi connectivity index (χ0v) is 15.4. The van der Waals surface area contributed by atoms with E-state index >= 15 is 0 Å². The predicted octanol–water partition coefficient (Wildman–Crippen LogP) is 4.79. The standard InChI is InChI=1S/C20H21ClFNO3/c1-11-5-4-8-17(11)26-18-10-16(15(22)9-14(18)21)23-19(24)12-6-2-3-7-13(12)20(23)25/h9-11,17H,2-8H2,1H3. The molecule has 138 valence electrons. The lowest BCUT2D eigenvalue weighted by Crippen LogP contribution is -2.32. The van der Waals surface area contributed by atoms with Crippen LogP contribution < -0.4 is 9.64 Å². The van der Waals surface area contributed by atoms with Crippen LogP contribution in [0.2, 0.25) is 5.02 Å². The van der Waals surface area contributed by atoms with Gasteiger partial charge in [0.05, 0.1) is 10.7 Å². The van der Waals surface area contributed by atoms with E-state index in [1.807, 2.05) is 0 Å². The first-order valence-electron chi connectivity index (χ1n) is 9.24. The summed E-state index contributed by atoms with van der Waals surface area (Å²) in [5, 5.41) is 0.155. The van der Waals surface area contributed by atoms with E-state index in [1.54, 1.807) is 0 Å². The summed E-state index contributed by atoms with van der Waals surface area (Å²) in [5.74, 6) is -0.795. The van der Waals surface area contributed by atoms with E-state index in [1.165, 1.54) is 6.07 Å². The van der Waals surface area contributed by atoms with Crippen LogP contribution in [0.4, 0.5) is 10.1 Å². The summed E-state index contributed by atoms with van der Waals surface area (Å²) < 4.78 is 20.6. The third-order valence-corrected chi connectivity index (χ3v) is 5.99. The second-order valence-electron chi connectivity index (χ2n) is 7.41. The van der Waals surface area contributed by atoms with Crippen LogP contribution >= 0.6 is 11.6 Å². The fourth-order valence-corrected chi connectivity index (χ4v) is 4.38. The van der Waals surface area contributed by atoms with Crippen molar-refractivity contribution in [3.63, 3.8) is 0 Å². The first-order chi connectivity index (χ1) is 12.5. The Morgan fingerprint density at radius 2 is 1.73 bits per heavy atom. The fourth-order valence-electron chi connectivity index (χ4n) is 4.19. The molecule has 2 atom stereocenters. The maximum atomic E-state index is 14.6. The number of ether oxygens (including phenoxy) is 1. The first-order valence-corrected chi connectivity index (χ1v) is 9.61. The molecule has 1 aliphatic heterocycles. The monoisotopic (exact) mass is 377 g/mol. The number of nitrogens with zero attached hydrogens (tertiary/aromatic N) is 1. The van der Waals surface area contributed by atoms with E-state index in [0.717, 1.165) is 43.1 Å². The van der Waals surface area contributed by atoms with Gasteiger partial charge in [0.25, 0.3) is 11.8 Å². The van der Waals surface area contributed by atoms with Gasteiger partial charge in [-0.25, -0.2) is 9.29 Å². The van der Waals surface area contributed by atoms with Crippen LogP contribution in [-0.2, 0) is 9.59 Å². The summed E-state index contributed by atoms with van der Waals surface area (Å²) in [6.07, 6.45) is 6.01. The van der Waals surface area contributed by atoms with Gasteiger partial charge in [0, 0.05) is 17.2 Å². The third-order valence-electron chi connectivity index (χ3n) is 5.69. The van der Waals surface area contributed by atoms with Crippen molar-refractivity contribution >= 4 is 29.1 Å². The number of hydrogen-bond acceptors (Lipinski definition) is 3. The smallest absolute Gasteiger partial charge is 0.261 e. The zero-order valence-electron chi connectivity index (χ0n) is 14.7. The molecule has 26 heavy (non-hydrogen) atoms. The molecule has 2 amide bonds. The van der Waals surface area contributed by atoms with Gasteiger partial charge in [0.1, 0.15) is 17.7 Å². The average molecular weight is 378 g/mol. The largest absolute Gasteiger partial charge is 0.489 e. The van der Waals surface area contributed by atoms with Crippen LogP contribution in [0.3, 0.4) is 0 Å². The molecule has 4 nitrogen and oxygen atoms in total. The number of imide groups is 1. The zero-order chi connectivity index (χ0) is 18.4. The summed E-state index contributed by atoms with van der Waals surface area (Å²) in [4.78, 5) is 26.4. The summed E-state index contributed by atoms with van der Waals surface area (Å²) in [7, 11) is 0. The van der Waals surface area contributed by atoms with Gasteiger partial charge in [-0.15, -0.1) is 0 Å². The molecule has 1 heterocycles. The highest BCUT2D eigenvalue weighted by atomic mass is 35.5. The van der Waals surface area contributed by atoms with Gasteiger partial charge in [-0.1, -0.05) is 18.5 Å². The number of benzene rings is 1. The van der Waals surface area contributed by atoms with E-state index in [4.69, 9.17) is 16.3 Å². The Bertz CT molecular complexity index is 792. The molecule has 0 N–H and O–H groups in total. The molecule has 4 rings (SSSR count). The molecule has 2 unspecified atom stereocenters. The van der Waals surface area contributed by atoms with Gasteiger partial charge in [-0.2, -0.15) is 0 Å². The molecule has 3 aliphatic rings. The second-order valence-corrected chi connectivity index (χ2v) is 7.82. The quantitative estimate of drug-likeness (QED) is 0.711. The van der Waals surface area contributed by atoms with Crippen molar-refractivity contribution in [3.8, 4) is 5.75 Å². The van der Waals surface area contributed by atoms with Gasteiger partial charge in [-0.05, 0) is 56.9 Å². The number of halogens is 2. The fraction of sp³-hybridized carbons (Fsp3) is 0.500. The minimum atomic E-state index is -0.691. The topological polar surface area (TPSA) is 46.6 Å². The van der Waals surface area contributed by atoms with Crippen molar-refractivity contribution in [2.45, 2.75) is 58.0 Å². The minimum Gasteiger partial charge on any atom is -0.489 e. The molecule has 0 saturated heterocycles. The number of carbonyl (C=O) groups excluding carboxylic acids is 2. The summed E-state index contributed by atoms with van der Waals surface area (Å²) in [6, 6.07) is 2.53. The van der Waals surface area contributed by atoms with Crippen LogP contribution in [0.25, 0.3) is 0 Å². The summed E-state index contributed by atoms with van der Waals surface area (Å²) in [6.45, 7) is 2.11. The number of carbonyl (C=O) groups is 2. The lowest BCUT2D eigenvalue weighted by atomic mass is 9.93. The van der Waals surface area contributed by atoms with Crippen LogP contribution in [-0.4, -0.2) is 17.9 Å². The minimum absolute atomic E-state index is 0.0159. The average Bonchev–Trinajstić information content (AvgIpc) is 3.13. The maximum absolute atomic E-state index is 14.6. The van der Waals surface area contributed by atoms with Gasteiger partial charge in [0.2, 0.25) is 0 Å². The van der Waals surface area contributed by atoms with E-state index in [2.05, 4.69) is 6.92 Å². The highest BCUT2D eigenvalue weighted by Gasteiger charge is 2.41. The maximum Gasteiger partial charge on any atom is 0.261 e. The number of hydrogen-bond donors (Lipinski definition) is 0. The third kappa shape index (κ3) is 2.82. The normalized spacial score (nSPS) is 25.9. The van der Waals surface area contributed by atoms with Crippen molar-refractivity contribution in [2.24, 2.45) is 5.92 Å². The Labute approximate surface area is 156 Å². The molecule has 1 aromatic carbocycles. The van der Waals surface area contributed by atoms with Crippen molar-refractivity contribution in [1.82, 2.24) is 0 Å². The number of rotatable bonds is 3. The van der Waals surface area contributed by atoms with Crippen LogP contribution in [0.1, 0.15) is 51.9 Å². The molecular formula is C20H21ClFNO3. The Hall–Kier alpha value is -1.88. The van der Waals surface area contributed by atoms with E-state index in [-0.39, 0.29) is 16.8 Å². The van der Waals surface area contributed by atoms with E-state index in [9.17, 15) is 14.0 Å². The predicted molar refractivity (Wildman–Crippen MR) is 96.8 cm³/mol. The SMILES string of the molecule is CC1CCCC1Oc1cc(N2C(=O)C3=C(CCCC3)C2=O)c(F)cc1Cl. The molecule has 1 saturated carbocycles. The van der Waals surface area contributed by atoms with Crippen molar-refractivity contribution in [2.75, 3.05) is 4.90 Å². The highest BCUT2D eigenvalue weighted by molar-refractivity contribution is 6.34. The Kier molecular flexibility index (Phi) is 4.51. The van der Waals surface area contributed by atoms with Crippen molar-refractivity contribution < 1.29 is 18.7 Å². The van der Waals surface area contributed by atoms with Crippen molar-refractivity contribution in [1.29, 1.82) is 0 Å². The van der Waals surface area contributed by atoms with Gasteiger partial charge in [0.15, 0.2) is 0 Å². The molecule has 0 radical (unpaired) electrons. The van der Waals surface area contributed by atoms with Gasteiger partial charge in [-0.3, -0.25) is 9.59 Å². The van der Waals surface area contributed by atoms with Crippen LogP contribution in [0.15, 0.2) is 23.3 Å². The Morgan fingerprint density at radius 1 is 1.08 bits per heavy atom. The molecule has 0 bridgehead atoms. The molecule has 6 heteroatoms.